The molecule has 0 amide bonds. The summed E-state index contributed by atoms with van der Waals surface area (Å²) in [7, 11) is 0. The maximum Gasteiger partial charge on any atom is 3.00 e. The maximum absolute atomic E-state index is 3.34. The van der Waals surface area contributed by atoms with Gasteiger partial charge < -0.3 is 7.43 Å². The first-order chi connectivity index (χ1) is 6.84. The van der Waals surface area contributed by atoms with Crippen LogP contribution in [0.5, 0.6) is 0 Å². The van der Waals surface area contributed by atoms with Crippen LogP contribution in [-0.2, 0) is 39.1 Å². The van der Waals surface area contributed by atoms with Crippen LogP contribution in [0.15, 0.2) is 42.5 Å². The first-order valence-corrected chi connectivity index (χ1v) is 4.78. The smallest absolute Gasteiger partial charge is 0.358 e. The van der Waals surface area contributed by atoms with E-state index in [2.05, 4.69) is 43.3 Å². The zero-order valence-electron chi connectivity index (χ0n) is 9.83. The average molecular weight is 284 g/mol. The van der Waals surface area contributed by atoms with Crippen molar-refractivity contribution in [1.82, 2.24) is 0 Å². The number of benzene rings is 2. The molecular weight excluding hydrogens is 269 g/mol. The Morgan fingerprint density at radius 2 is 1.75 bits per heavy atom. The molecule has 0 unspecified atom stereocenters. The van der Waals surface area contributed by atoms with E-state index >= 15 is 0 Å². The molecule has 0 saturated heterocycles. The Morgan fingerprint density at radius 1 is 1.00 bits per heavy atom. The van der Waals surface area contributed by atoms with E-state index in [4.69, 9.17) is 0 Å². The van der Waals surface area contributed by atoms with Crippen LogP contribution in [0.1, 0.15) is 16.7 Å². The Kier molecular flexibility index (Phi) is 7.54. The van der Waals surface area contributed by atoms with Crippen LogP contribution in [0.3, 0.4) is 0 Å². The van der Waals surface area contributed by atoms with E-state index in [1.807, 2.05) is 18.2 Å². The van der Waals surface area contributed by atoms with Crippen LogP contribution in [-0.4, -0.2) is 0 Å². The van der Waals surface area contributed by atoms with Gasteiger partial charge in [0.2, 0.25) is 0 Å². The molecule has 78 valence electrons. The van der Waals surface area contributed by atoms with Crippen LogP contribution < -0.4 is 0 Å². The fourth-order valence-electron chi connectivity index (χ4n) is 1.49. The summed E-state index contributed by atoms with van der Waals surface area (Å²) in [5.74, 6) is 0. The van der Waals surface area contributed by atoms with Gasteiger partial charge in [-0.3, -0.25) is 0 Å². The first-order valence-electron chi connectivity index (χ1n) is 4.78. The predicted octanol–water partition coefficient (Wildman–Crippen LogP) is 3.63. The average Bonchev–Trinajstić information content (AvgIpc) is 2.19. The topological polar surface area (TPSA) is 0 Å². The summed E-state index contributed by atoms with van der Waals surface area (Å²) in [6, 6.07) is 20.9. The Bertz CT molecular complexity index is 407. The van der Waals surface area contributed by atoms with Crippen molar-refractivity contribution in [1.29, 1.82) is 0 Å². The van der Waals surface area contributed by atoms with Crippen LogP contribution in [0.4, 0.5) is 0 Å². The zero-order chi connectivity index (χ0) is 9.80. The van der Waals surface area contributed by atoms with Crippen molar-refractivity contribution >= 4 is 0 Å². The van der Waals surface area contributed by atoms with E-state index < -0.39 is 0 Å². The Hall–Kier alpha value is -0.456. The van der Waals surface area contributed by atoms with Crippen molar-refractivity contribution < 1.29 is 32.7 Å². The number of hydrogen-bond donors (Lipinski definition) is 0. The standard InChI is InChI=1S/C14H12.CH3.Y/c1-12-6-5-9-14(10-12)11-13-7-3-2-4-8-13;;/h2-7,9H,11H2,1H3;1H3;/q-2;-1;+3. The van der Waals surface area contributed by atoms with E-state index in [0.717, 1.165) is 6.42 Å². The Labute approximate surface area is 124 Å². The second kappa shape index (κ2) is 7.76. The van der Waals surface area contributed by atoms with E-state index in [9.17, 15) is 0 Å². The van der Waals surface area contributed by atoms with Crippen LogP contribution >= 0.6 is 0 Å². The number of hydrogen-bond acceptors (Lipinski definition) is 0. The summed E-state index contributed by atoms with van der Waals surface area (Å²) < 4.78 is 0. The fourth-order valence-corrected chi connectivity index (χ4v) is 1.49. The molecule has 0 saturated carbocycles. The molecule has 0 aliphatic rings. The molecule has 0 nitrogen and oxygen atoms in total. The summed E-state index contributed by atoms with van der Waals surface area (Å²) in [6.07, 6.45) is 0.919. The van der Waals surface area contributed by atoms with Crippen molar-refractivity contribution in [3.05, 3.63) is 78.7 Å². The molecule has 0 fully saturated rings. The van der Waals surface area contributed by atoms with E-state index in [1.54, 1.807) is 0 Å². The molecular formula is C15H15Y. The summed E-state index contributed by atoms with van der Waals surface area (Å²) >= 11 is 0. The van der Waals surface area contributed by atoms with Gasteiger partial charge in [0.1, 0.15) is 0 Å². The molecule has 0 heterocycles. The van der Waals surface area contributed by atoms with Crippen molar-refractivity contribution in [3.63, 3.8) is 0 Å². The first kappa shape index (κ1) is 15.5. The molecule has 0 N–H and O–H groups in total. The SMILES string of the molecule is Cc1[c-]c(Cc2[c-]cccc2)ccc1.[CH3-].[Y+3]. The molecule has 0 aliphatic carbocycles. The summed E-state index contributed by atoms with van der Waals surface area (Å²) in [6.45, 7) is 2.07. The second-order valence-corrected chi connectivity index (χ2v) is 3.42. The predicted molar refractivity (Wildman–Crippen MR) is 64.5 cm³/mol. The van der Waals surface area contributed by atoms with Gasteiger partial charge in [-0.15, -0.1) is 0 Å². The van der Waals surface area contributed by atoms with Crippen molar-refractivity contribution in [3.8, 4) is 0 Å². The van der Waals surface area contributed by atoms with Crippen LogP contribution in [0.2, 0.25) is 0 Å². The minimum atomic E-state index is 0. The van der Waals surface area contributed by atoms with Crippen molar-refractivity contribution in [2.45, 2.75) is 13.3 Å². The molecule has 16 heavy (non-hydrogen) atoms. The Balaban J connectivity index is 0.00000112. The third-order valence-corrected chi connectivity index (χ3v) is 2.16. The van der Waals surface area contributed by atoms with Gasteiger partial charge in [-0.25, -0.2) is 0 Å². The minimum Gasteiger partial charge on any atom is -0.358 e. The van der Waals surface area contributed by atoms with Gasteiger partial charge in [-0.1, -0.05) is 6.92 Å². The number of rotatable bonds is 2. The van der Waals surface area contributed by atoms with Crippen LogP contribution in [0, 0.1) is 26.5 Å². The molecule has 0 aromatic heterocycles. The molecule has 0 spiro atoms. The molecule has 0 atom stereocenters. The quantitative estimate of drug-likeness (QED) is 0.739. The van der Waals surface area contributed by atoms with E-state index in [0.29, 0.717) is 0 Å². The summed E-state index contributed by atoms with van der Waals surface area (Å²) in [5, 5.41) is 0. The molecule has 0 radical (unpaired) electrons. The van der Waals surface area contributed by atoms with E-state index in [-0.39, 0.29) is 40.1 Å². The number of aryl methyl sites for hydroxylation is 1. The molecule has 0 aliphatic heterocycles. The third kappa shape index (κ3) is 4.59. The zero-order valence-corrected chi connectivity index (χ0v) is 12.7. The fraction of sp³-hybridized carbons (Fsp3) is 0.133. The van der Waals surface area contributed by atoms with Crippen molar-refractivity contribution in [2.24, 2.45) is 0 Å². The molecule has 2 rings (SSSR count). The summed E-state index contributed by atoms with van der Waals surface area (Å²) in [4.78, 5) is 0. The molecule has 2 aromatic carbocycles. The van der Waals surface area contributed by atoms with Gasteiger partial charge in [0.25, 0.3) is 0 Å². The van der Waals surface area contributed by atoms with Crippen LogP contribution in [0.25, 0.3) is 0 Å². The minimum absolute atomic E-state index is 0. The summed E-state index contributed by atoms with van der Waals surface area (Å²) in [5.41, 5.74) is 3.64. The van der Waals surface area contributed by atoms with Gasteiger partial charge in [0, 0.05) is 0 Å². The van der Waals surface area contributed by atoms with Gasteiger partial charge in [0.15, 0.2) is 0 Å². The molecule has 1 heteroatoms. The second-order valence-electron chi connectivity index (χ2n) is 3.42. The largest absolute Gasteiger partial charge is 3.00 e. The normalized spacial score (nSPS) is 8.81. The van der Waals surface area contributed by atoms with Gasteiger partial charge in [-0.05, 0) is 6.42 Å². The van der Waals surface area contributed by atoms with Gasteiger partial charge in [-0.2, -0.15) is 71.3 Å². The van der Waals surface area contributed by atoms with Gasteiger partial charge >= 0.3 is 32.7 Å². The monoisotopic (exact) mass is 284 g/mol. The Morgan fingerprint density at radius 3 is 2.38 bits per heavy atom. The molecule has 0 bridgehead atoms. The van der Waals surface area contributed by atoms with Gasteiger partial charge in [0.05, 0.1) is 0 Å². The third-order valence-electron chi connectivity index (χ3n) is 2.16. The van der Waals surface area contributed by atoms with E-state index in [1.165, 1.54) is 16.7 Å². The molecule has 2 aromatic rings. The maximum atomic E-state index is 3.34. The van der Waals surface area contributed by atoms with Crippen molar-refractivity contribution in [2.75, 3.05) is 0 Å².